The van der Waals surface area contributed by atoms with Gasteiger partial charge in [0, 0.05) is 0 Å². The van der Waals surface area contributed by atoms with E-state index in [9.17, 15) is 27.9 Å². The summed E-state index contributed by atoms with van der Waals surface area (Å²) >= 11 is 0. The first kappa shape index (κ1) is 15.8. The molecule has 0 heterocycles. The number of amides is 2. The Hall–Kier alpha value is -2.29. The number of carboxylic acids is 1. The number of aliphatic hydroxyl groups is 1. The maximum atomic E-state index is 13.2. The third-order valence-electron chi connectivity index (χ3n) is 2.34. The SMILES string of the molecule is CC(O)(CNC(=O)Nc1ccc(F)c(F)c1F)C(=O)O. The van der Waals surface area contributed by atoms with Crippen LogP contribution in [0.2, 0.25) is 0 Å². The molecule has 1 unspecified atom stereocenters. The number of carbonyl (C=O) groups excluding carboxylic acids is 1. The number of nitrogens with one attached hydrogen (secondary N) is 2. The highest BCUT2D eigenvalue weighted by Gasteiger charge is 2.30. The van der Waals surface area contributed by atoms with Crippen molar-refractivity contribution >= 4 is 17.7 Å². The van der Waals surface area contributed by atoms with Gasteiger partial charge in [-0.2, -0.15) is 0 Å². The molecule has 1 rings (SSSR count). The summed E-state index contributed by atoms with van der Waals surface area (Å²) in [5, 5.41) is 21.7. The second-order valence-electron chi connectivity index (χ2n) is 4.11. The summed E-state index contributed by atoms with van der Waals surface area (Å²) in [5.74, 6) is -6.33. The first-order chi connectivity index (χ1) is 9.15. The summed E-state index contributed by atoms with van der Waals surface area (Å²) in [5.41, 5.74) is -2.85. The Balaban J connectivity index is 2.69. The van der Waals surface area contributed by atoms with E-state index in [0.29, 0.717) is 6.07 Å². The van der Waals surface area contributed by atoms with Gasteiger partial charge < -0.3 is 20.8 Å². The Bertz CT molecular complexity index is 549. The number of aliphatic carboxylic acids is 1. The fourth-order valence-electron chi connectivity index (χ4n) is 1.12. The second kappa shape index (κ2) is 5.78. The summed E-state index contributed by atoms with van der Waals surface area (Å²) in [6.45, 7) is 0.271. The maximum absolute atomic E-state index is 13.2. The molecule has 9 heteroatoms. The molecule has 0 aliphatic heterocycles. The summed E-state index contributed by atoms with van der Waals surface area (Å²) in [4.78, 5) is 21.9. The number of anilines is 1. The number of benzene rings is 1. The van der Waals surface area contributed by atoms with Gasteiger partial charge >= 0.3 is 12.0 Å². The van der Waals surface area contributed by atoms with E-state index in [1.807, 2.05) is 10.6 Å². The highest BCUT2D eigenvalue weighted by Crippen LogP contribution is 2.19. The topological polar surface area (TPSA) is 98.7 Å². The van der Waals surface area contributed by atoms with Crippen molar-refractivity contribution in [3.05, 3.63) is 29.6 Å². The predicted molar refractivity (Wildman–Crippen MR) is 61.6 cm³/mol. The minimum absolute atomic E-state index is 0.613. The van der Waals surface area contributed by atoms with Crippen LogP contribution in [0.1, 0.15) is 6.92 Å². The molecule has 110 valence electrons. The summed E-state index contributed by atoms with van der Waals surface area (Å²) in [6, 6.07) is 0.320. The lowest BCUT2D eigenvalue weighted by atomic mass is 10.1. The molecule has 0 fully saturated rings. The molecule has 0 aliphatic carbocycles. The molecule has 0 saturated heterocycles. The van der Waals surface area contributed by atoms with Crippen LogP contribution in [0, 0.1) is 17.5 Å². The fourth-order valence-corrected chi connectivity index (χ4v) is 1.12. The van der Waals surface area contributed by atoms with Gasteiger partial charge in [-0.05, 0) is 19.1 Å². The van der Waals surface area contributed by atoms with Crippen molar-refractivity contribution in [1.82, 2.24) is 5.32 Å². The van der Waals surface area contributed by atoms with Crippen LogP contribution in [0.5, 0.6) is 0 Å². The van der Waals surface area contributed by atoms with Crippen molar-refractivity contribution in [2.24, 2.45) is 0 Å². The zero-order chi connectivity index (χ0) is 15.5. The lowest BCUT2D eigenvalue weighted by Crippen LogP contribution is -2.47. The molecule has 1 atom stereocenters. The van der Waals surface area contributed by atoms with Crippen LogP contribution in [0.15, 0.2) is 12.1 Å². The van der Waals surface area contributed by atoms with Gasteiger partial charge in [0.2, 0.25) is 0 Å². The lowest BCUT2D eigenvalue weighted by molar-refractivity contribution is -0.155. The van der Waals surface area contributed by atoms with Gasteiger partial charge in [-0.15, -0.1) is 0 Å². The molecule has 20 heavy (non-hydrogen) atoms. The van der Waals surface area contributed by atoms with E-state index in [0.717, 1.165) is 13.0 Å². The van der Waals surface area contributed by atoms with E-state index in [-0.39, 0.29) is 0 Å². The third-order valence-corrected chi connectivity index (χ3v) is 2.34. The van der Waals surface area contributed by atoms with Gasteiger partial charge in [-0.3, -0.25) is 0 Å². The van der Waals surface area contributed by atoms with Crippen LogP contribution in [0.4, 0.5) is 23.7 Å². The van der Waals surface area contributed by atoms with Crippen LogP contribution < -0.4 is 10.6 Å². The lowest BCUT2D eigenvalue weighted by Gasteiger charge is -2.18. The Labute approximate surface area is 111 Å². The minimum Gasteiger partial charge on any atom is -0.479 e. The van der Waals surface area contributed by atoms with Crippen LogP contribution in [-0.4, -0.2) is 34.4 Å². The van der Waals surface area contributed by atoms with Gasteiger partial charge in [0.1, 0.15) is 0 Å². The molecular formula is C11H11F3N2O4. The normalized spacial score (nSPS) is 13.4. The minimum atomic E-state index is -2.22. The molecule has 0 spiro atoms. The van der Waals surface area contributed by atoms with Crippen molar-refractivity contribution < 1.29 is 33.0 Å². The largest absolute Gasteiger partial charge is 0.479 e. The van der Waals surface area contributed by atoms with Crippen molar-refractivity contribution in [3.63, 3.8) is 0 Å². The molecule has 1 aromatic rings. The molecular weight excluding hydrogens is 281 g/mol. The highest BCUT2D eigenvalue weighted by atomic mass is 19.2. The van der Waals surface area contributed by atoms with E-state index in [1.54, 1.807) is 0 Å². The molecule has 0 aliphatic rings. The Morgan fingerprint density at radius 3 is 2.40 bits per heavy atom. The number of hydrogen-bond donors (Lipinski definition) is 4. The van der Waals surface area contributed by atoms with Gasteiger partial charge in [0.25, 0.3) is 0 Å². The Morgan fingerprint density at radius 1 is 1.25 bits per heavy atom. The summed E-state index contributed by atoms with van der Waals surface area (Å²) in [6.07, 6.45) is 0. The quantitative estimate of drug-likeness (QED) is 0.624. The van der Waals surface area contributed by atoms with E-state index in [2.05, 4.69) is 0 Å². The zero-order valence-corrected chi connectivity index (χ0v) is 10.2. The number of rotatable bonds is 4. The number of carboxylic acid groups (broad SMARTS) is 1. The number of urea groups is 1. The van der Waals surface area contributed by atoms with Crippen LogP contribution in [0.25, 0.3) is 0 Å². The highest BCUT2D eigenvalue weighted by molar-refractivity contribution is 5.90. The van der Waals surface area contributed by atoms with E-state index >= 15 is 0 Å². The number of hydrogen-bond acceptors (Lipinski definition) is 3. The van der Waals surface area contributed by atoms with Crippen molar-refractivity contribution in [2.75, 3.05) is 11.9 Å². The van der Waals surface area contributed by atoms with Crippen molar-refractivity contribution in [1.29, 1.82) is 0 Å². The summed E-state index contributed by atoms with van der Waals surface area (Å²) in [7, 11) is 0. The van der Waals surface area contributed by atoms with E-state index in [1.165, 1.54) is 0 Å². The second-order valence-corrected chi connectivity index (χ2v) is 4.11. The van der Waals surface area contributed by atoms with Crippen molar-refractivity contribution in [3.8, 4) is 0 Å². The third kappa shape index (κ3) is 3.60. The molecule has 0 saturated carbocycles. The summed E-state index contributed by atoms with van der Waals surface area (Å²) < 4.78 is 38.8. The molecule has 1 aromatic carbocycles. The molecule has 2 amide bonds. The van der Waals surface area contributed by atoms with E-state index < -0.39 is 47.3 Å². The van der Waals surface area contributed by atoms with Gasteiger partial charge in [-0.1, -0.05) is 0 Å². The molecule has 0 aromatic heterocycles. The molecule has 6 nitrogen and oxygen atoms in total. The van der Waals surface area contributed by atoms with Gasteiger partial charge in [0.05, 0.1) is 12.2 Å². The van der Waals surface area contributed by atoms with Crippen LogP contribution >= 0.6 is 0 Å². The smallest absolute Gasteiger partial charge is 0.337 e. The molecule has 0 bridgehead atoms. The van der Waals surface area contributed by atoms with Gasteiger partial charge in [0.15, 0.2) is 23.1 Å². The average Bonchev–Trinajstić information content (AvgIpc) is 2.37. The van der Waals surface area contributed by atoms with E-state index in [4.69, 9.17) is 5.11 Å². The first-order valence-electron chi connectivity index (χ1n) is 5.29. The monoisotopic (exact) mass is 292 g/mol. The Kier molecular flexibility index (Phi) is 4.56. The first-order valence-corrected chi connectivity index (χ1v) is 5.29. The van der Waals surface area contributed by atoms with Crippen LogP contribution in [0.3, 0.4) is 0 Å². The zero-order valence-electron chi connectivity index (χ0n) is 10.2. The Morgan fingerprint density at radius 2 is 1.85 bits per heavy atom. The van der Waals surface area contributed by atoms with Crippen LogP contribution in [-0.2, 0) is 4.79 Å². The van der Waals surface area contributed by atoms with Gasteiger partial charge in [-0.25, -0.2) is 22.8 Å². The predicted octanol–water partition coefficient (Wildman–Crippen LogP) is 1.06. The molecule has 0 radical (unpaired) electrons. The maximum Gasteiger partial charge on any atom is 0.337 e. The number of halogens is 3. The number of carbonyl (C=O) groups is 2. The fraction of sp³-hybridized carbons (Fsp3) is 0.273. The molecule has 4 N–H and O–H groups in total. The average molecular weight is 292 g/mol. The standard InChI is InChI=1S/C11H11F3N2O4/c1-11(20,9(17)18)4-15-10(19)16-6-3-2-5(12)7(13)8(6)14/h2-3,20H,4H2,1H3,(H,17,18)(H2,15,16,19). The van der Waals surface area contributed by atoms with Crippen molar-refractivity contribution in [2.45, 2.75) is 12.5 Å².